The van der Waals surface area contributed by atoms with Gasteiger partial charge < -0.3 is 9.26 Å². The van der Waals surface area contributed by atoms with Gasteiger partial charge in [-0.3, -0.25) is 10.1 Å². The van der Waals surface area contributed by atoms with E-state index in [1.165, 1.54) is 12.3 Å². The van der Waals surface area contributed by atoms with Crippen molar-refractivity contribution in [1.29, 1.82) is 0 Å². The SMILES string of the molecule is Cc1nc(COc2ccc(/C=C/c3ccc([N+](=O)[O-])cn3)cc2)no1. The molecule has 0 aliphatic rings. The Morgan fingerprint density at radius 3 is 2.60 bits per heavy atom. The van der Waals surface area contributed by atoms with Crippen LogP contribution >= 0.6 is 0 Å². The topological polar surface area (TPSA) is 104 Å². The van der Waals surface area contributed by atoms with Gasteiger partial charge in [-0.15, -0.1) is 0 Å². The van der Waals surface area contributed by atoms with Crippen LogP contribution in [0.4, 0.5) is 5.69 Å². The van der Waals surface area contributed by atoms with Crippen LogP contribution in [0.25, 0.3) is 12.2 Å². The molecule has 0 saturated carbocycles. The average Bonchev–Trinajstić information content (AvgIpc) is 3.05. The summed E-state index contributed by atoms with van der Waals surface area (Å²) in [5.74, 6) is 1.68. The Morgan fingerprint density at radius 2 is 2.00 bits per heavy atom. The van der Waals surface area contributed by atoms with Gasteiger partial charge in [0.05, 0.1) is 10.6 Å². The van der Waals surface area contributed by atoms with Crippen molar-refractivity contribution in [1.82, 2.24) is 15.1 Å². The number of aromatic nitrogens is 3. The number of ether oxygens (including phenoxy) is 1. The van der Waals surface area contributed by atoms with E-state index in [1.807, 2.05) is 30.3 Å². The molecule has 0 unspecified atom stereocenters. The van der Waals surface area contributed by atoms with E-state index in [0.29, 0.717) is 23.2 Å². The minimum Gasteiger partial charge on any atom is -0.485 e. The van der Waals surface area contributed by atoms with E-state index in [0.717, 1.165) is 5.56 Å². The first-order chi connectivity index (χ1) is 12.1. The molecule has 8 nitrogen and oxygen atoms in total. The second-order valence-electron chi connectivity index (χ2n) is 5.12. The highest BCUT2D eigenvalue weighted by atomic mass is 16.6. The molecular formula is C17H14N4O4. The Labute approximate surface area is 142 Å². The molecule has 1 aromatic carbocycles. The van der Waals surface area contributed by atoms with Crippen molar-refractivity contribution in [2.45, 2.75) is 13.5 Å². The van der Waals surface area contributed by atoms with Crippen molar-refractivity contribution in [3.8, 4) is 5.75 Å². The molecule has 2 heterocycles. The fraction of sp³-hybridized carbons (Fsp3) is 0.118. The van der Waals surface area contributed by atoms with Crippen LogP contribution < -0.4 is 4.74 Å². The molecule has 0 saturated heterocycles. The normalized spacial score (nSPS) is 10.9. The number of aryl methyl sites for hydroxylation is 1. The van der Waals surface area contributed by atoms with Gasteiger partial charge in [-0.1, -0.05) is 23.4 Å². The second-order valence-corrected chi connectivity index (χ2v) is 5.12. The second kappa shape index (κ2) is 7.35. The fourth-order valence-electron chi connectivity index (χ4n) is 2.01. The van der Waals surface area contributed by atoms with Crippen molar-refractivity contribution in [3.05, 3.63) is 75.7 Å². The zero-order valence-corrected chi connectivity index (χ0v) is 13.3. The van der Waals surface area contributed by atoms with Crippen LogP contribution in [-0.2, 0) is 6.61 Å². The third kappa shape index (κ3) is 4.47. The number of rotatable bonds is 6. The molecule has 0 N–H and O–H groups in total. The molecule has 2 aromatic heterocycles. The van der Waals surface area contributed by atoms with Crippen LogP contribution in [0.5, 0.6) is 5.75 Å². The van der Waals surface area contributed by atoms with E-state index in [-0.39, 0.29) is 12.3 Å². The minimum atomic E-state index is -0.477. The van der Waals surface area contributed by atoms with Crippen LogP contribution in [0.3, 0.4) is 0 Å². The van der Waals surface area contributed by atoms with Gasteiger partial charge in [0.2, 0.25) is 11.7 Å². The van der Waals surface area contributed by atoms with E-state index in [2.05, 4.69) is 15.1 Å². The third-order valence-electron chi connectivity index (χ3n) is 3.25. The van der Waals surface area contributed by atoms with Crippen LogP contribution in [0.1, 0.15) is 23.0 Å². The zero-order chi connectivity index (χ0) is 17.6. The Kier molecular flexibility index (Phi) is 4.79. The van der Waals surface area contributed by atoms with Crippen molar-refractivity contribution < 1.29 is 14.2 Å². The van der Waals surface area contributed by atoms with Crippen molar-refractivity contribution >= 4 is 17.8 Å². The lowest BCUT2D eigenvalue weighted by Gasteiger charge is -2.03. The maximum Gasteiger partial charge on any atom is 0.287 e. The maximum absolute atomic E-state index is 10.6. The van der Waals surface area contributed by atoms with E-state index < -0.39 is 4.92 Å². The number of hydrogen-bond donors (Lipinski definition) is 0. The zero-order valence-electron chi connectivity index (χ0n) is 13.3. The van der Waals surface area contributed by atoms with Gasteiger partial charge in [0.15, 0.2) is 6.61 Å². The average molecular weight is 338 g/mol. The lowest BCUT2D eigenvalue weighted by atomic mass is 10.2. The van der Waals surface area contributed by atoms with Crippen molar-refractivity contribution in [2.75, 3.05) is 0 Å². The molecule has 25 heavy (non-hydrogen) atoms. The summed E-state index contributed by atoms with van der Waals surface area (Å²) in [4.78, 5) is 18.2. The monoisotopic (exact) mass is 338 g/mol. The van der Waals surface area contributed by atoms with E-state index >= 15 is 0 Å². The molecule has 0 aliphatic heterocycles. The molecule has 8 heteroatoms. The van der Waals surface area contributed by atoms with Gasteiger partial charge in [0.25, 0.3) is 5.69 Å². The first-order valence-electron chi connectivity index (χ1n) is 7.41. The van der Waals surface area contributed by atoms with E-state index in [1.54, 1.807) is 19.1 Å². The molecule has 0 radical (unpaired) electrons. The van der Waals surface area contributed by atoms with Crippen LogP contribution in [-0.4, -0.2) is 20.0 Å². The third-order valence-corrected chi connectivity index (χ3v) is 3.25. The summed E-state index contributed by atoms with van der Waals surface area (Å²) in [6.45, 7) is 1.96. The molecule has 0 spiro atoms. The lowest BCUT2D eigenvalue weighted by Crippen LogP contribution is -1.97. The number of benzene rings is 1. The Hall–Kier alpha value is -3.55. The molecule has 126 valence electrons. The Bertz CT molecular complexity index is 886. The van der Waals surface area contributed by atoms with Gasteiger partial charge in [0, 0.05) is 13.0 Å². The van der Waals surface area contributed by atoms with Crippen LogP contribution in [0, 0.1) is 17.0 Å². The molecule has 0 fully saturated rings. The Balaban J connectivity index is 1.59. The van der Waals surface area contributed by atoms with Crippen LogP contribution in [0.15, 0.2) is 47.1 Å². The molecule has 0 atom stereocenters. The largest absolute Gasteiger partial charge is 0.485 e. The number of nitro groups is 1. The predicted molar refractivity (Wildman–Crippen MR) is 89.6 cm³/mol. The number of nitrogens with zero attached hydrogens (tertiary/aromatic N) is 4. The van der Waals surface area contributed by atoms with Gasteiger partial charge in [-0.05, 0) is 29.8 Å². The maximum atomic E-state index is 10.6. The highest BCUT2D eigenvalue weighted by Crippen LogP contribution is 2.16. The van der Waals surface area contributed by atoms with Gasteiger partial charge >= 0.3 is 0 Å². The van der Waals surface area contributed by atoms with Gasteiger partial charge in [-0.2, -0.15) is 4.98 Å². The summed E-state index contributed by atoms with van der Waals surface area (Å²) < 4.78 is 10.4. The highest BCUT2D eigenvalue weighted by Gasteiger charge is 2.04. The van der Waals surface area contributed by atoms with Crippen molar-refractivity contribution in [2.24, 2.45) is 0 Å². The summed E-state index contributed by atoms with van der Waals surface area (Å²) in [5.41, 5.74) is 1.55. The minimum absolute atomic E-state index is 0.0320. The molecule has 3 aromatic rings. The summed E-state index contributed by atoms with van der Waals surface area (Å²) >= 11 is 0. The van der Waals surface area contributed by atoms with Gasteiger partial charge in [-0.25, -0.2) is 4.98 Å². The van der Waals surface area contributed by atoms with E-state index in [4.69, 9.17) is 9.26 Å². The molecule has 0 bridgehead atoms. The first-order valence-corrected chi connectivity index (χ1v) is 7.41. The Morgan fingerprint density at radius 1 is 1.20 bits per heavy atom. The molecular weight excluding hydrogens is 324 g/mol. The standard InChI is InChI=1S/C17H14N4O4/c1-12-19-17(20-25-12)11-24-16-8-3-13(4-9-16)2-5-14-6-7-15(10-18-14)21(22)23/h2-10H,11H2,1H3/b5-2+. The molecule has 0 amide bonds. The number of hydrogen-bond acceptors (Lipinski definition) is 7. The summed E-state index contributed by atoms with van der Waals surface area (Å²) in [6.07, 6.45) is 4.87. The first kappa shape index (κ1) is 16.3. The predicted octanol–water partition coefficient (Wildman–Crippen LogP) is 3.43. The summed E-state index contributed by atoms with van der Waals surface area (Å²) in [5, 5.41) is 14.3. The van der Waals surface area contributed by atoms with Crippen molar-refractivity contribution in [3.63, 3.8) is 0 Å². The fourth-order valence-corrected chi connectivity index (χ4v) is 2.01. The molecule has 3 rings (SSSR count). The summed E-state index contributed by atoms with van der Waals surface area (Å²) in [6, 6.07) is 10.4. The van der Waals surface area contributed by atoms with Crippen LogP contribution in [0.2, 0.25) is 0 Å². The smallest absolute Gasteiger partial charge is 0.287 e. The molecule has 0 aliphatic carbocycles. The highest BCUT2D eigenvalue weighted by molar-refractivity contribution is 5.68. The number of pyridine rings is 1. The lowest BCUT2D eigenvalue weighted by molar-refractivity contribution is -0.385. The van der Waals surface area contributed by atoms with E-state index in [9.17, 15) is 10.1 Å². The summed E-state index contributed by atoms with van der Waals surface area (Å²) in [7, 11) is 0. The van der Waals surface area contributed by atoms with Gasteiger partial charge in [0.1, 0.15) is 11.9 Å². The quantitative estimate of drug-likeness (QED) is 0.501.